The van der Waals surface area contributed by atoms with Gasteiger partial charge in [-0.05, 0) is 18.1 Å². The summed E-state index contributed by atoms with van der Waals surface area (Å²) in [7, 11) is 0. The van der Waals surface area contributed by atoms with E-state index in [1.165, 1.54) is 5.56 Å². The van der Waals surface area contributed by atoms with Gasteiger partial charge in [0.05, 0.1) is 17.6 Å². The first-order chi connectivity index (χ1) is 7.84. The number of aromatic nitrogens is 1. The Hall–Kier alpha value is -2.03. The van der Waals surface area contributed by atoms with Gasteiger partial charge in [-0.15, -0.1) is 0 Å². The van der Waals surface area contributed by atoms with Crippen molar-refractivity contribution in [2.45, 2.75) is 6.42 Å². The molecule has 2 rings (SSSR count). The van der Waals surface area contributed by atoms with Gasteiger partial charge in [-0.25, -0.2) is 0 Å². The Morgan fingerprint density at radius 3 is 2.69 bits per heavy atom. The molecule has 1 heterocycles. The summed E-state index contributed by atoms with van der Waals surface area (Å²) in [6.45, 7) is 0.884. The van der Waals surface area contributed by atoms with E-state index in [1.807, 2.05) is 12.1 Å². The third-order valence-corrected chi connectivity index (χ3v) is 2.35. The maximum atomic E-state index is 5.64. The van der Waals surface area contributed by atoms with Crippen molar-refractivity contribution in [2.24, 2.45) is 0 Å². The molecule has 16 heavy (non-hydrogen) atoms. The maximum Gasteiger partial charge on any atom is 0.0547 e. The van der Waals surface area contributed by atoms with E-state index in [9.17, 15) is 0 Å². The molecule has 0 aliphatic carbocycles. The highest BCUT2D eigenvalue weighted by atomic mass is 14.9. The zero-order valence-corrected chi connectivity index (χ0v) is 9.06. The number of anilines is 2. The van der Waals surface area contributed by atoms with Crippen LogP contribution in [0.3, 0.4) is 0 Å². The number of hydrogen-bond acceptors (Lipinski definition) is 3. The SMILES string of the molecule is Nc1cncc(NCCc2ccccc2)c1. The van der Waals surface area contributed by atoms with Crippen LogP contribution in [-0.4, -0.2) is 11.5 Å². The Morgan fingerprint density at radius 2 is 1.94 bits per heavy atom. The third kappa shape index (κ3) is 2.98. The number of benzene rings is 1. The molecule has 0 radical (unpaired) electrons. The Balaban J connectivity index is 1.85. The molecular weight excluding hydrogens is 198 g/mol. The normalized spacial score (nSPS) is 10.0. The number of nitrogens with one attached hydrogen (secondary N) is 1. The zero-order valence-electron chi connectivity index (χ0n) is 9.06. The van der Waals surface area contributed by atoms with Crippen LogP contribution in [-0.2, 0) is 6.42 Å². The van der Waals surface area contributed by atoms with E-state index in [0.717, 1.165) is 18.7 Å². The fourth-order valence-electron chi connectivity index (χ4n) is 1.55. The smallest absolute Gasteiger partial charge is 0.0547 e. The van der Waals surface area contributed by atoms with E-state index in [0.29, 0.717) is 5.69 Å². The average Bonchev–Trinajstić information content (AvgIpc) is 2.30. The van der Waals surface area contributed by atoms with Gasteiger partial charge in [0.15, 0.2) is 0 Å². The van der Waals surface area contributed by atoms with Crippen molar-refractivity contribution >= 4 is 11.4 Å². The highest BCUT2D eigenvalue weighted by molar-refractivity contribution is 5.51. The van der Waals surface area contributed by atoms with E-state index in [1.54, 1.807) is 12.4 Å². The van der Waals surface area contributed by atoms with Crippen LogP contribution >= 0.6 is 0 Å². The highest BCUT2D eigenvalue weighted by Crippen LogP contribution is 2.09. The van der Waals surface area contributed by atoms with Crippen LogP contribution in [0.2, 0.25) is 0 Å². The number of rotatable bonds is 4. The molecule has 0 aliphatic rings. The molecule has 3 heteroatoms. The predicted molar refractivity (Wildman–Crippen MR) is 67.3 cm³/mol. The lowest BCUT2D eigenvalue weighted by Crippen LogP contribution is -2.05. The maximum absolute atomic E-state index is 5.64. The molecule has 0 amide bonds. The second kappa shape index (κ2) is 5.16. The summed E-state index contributed by atoms with van der Waals surface area (Å²) < 4.78 is 0. The first kappa shape index (κ1) is 10.5. The Bertz CT molecular complexity index is 440. The molecule has 3 N–H and O–H groups in total. The second-order valence-electron chi connectivity index (χ2n) is 3.67. The van der Waals surface area contributed by atoms with Crippen molar-refractivity contribution in [1.29, 1.82) is 0 Å². The molecule has 0 bridgehead atoms. The number of nitrogens with zero attached hydrogens (tertiary/aromatic N) is 1. The quantitative estimate of drug-likeness (QED) is 0.819. The lowest BCUT2D eigenvalue weighted by molar-refractivity contribution is 1.02. The molecular formula is C13H15N3. The van der Waals surface area contributed by atoms with E-state index in [2.05, 4.69) is 34.6 Å². The lowest BCUT2D eigenvalue weighted by atomic mass is 10.1. The fourth-order valence-corrected chi connectivity index (χ4v) is 1.55. The summed E-state index contributed by atoms with van der Waals surface area (Å²) in [5, 5.41) is 3.29. The van der Waals surface area contributed by atoms with Gasteiger partial charge in [-0.1, -0.05) is 30.3 Å². The van der Waals surface area contributed by atoms with Crippen molar-refractivity contribution in [3.05, 3.63) is 54.4 Å². The number of hydrogen-bond donors (Lipinski definition) is 2. The monoisotopic (exact) mass is 213 g/mol. The van der Waals surface area contributed by atoms with Gasteiger partial charge in [0.2, 0.25) is 0 Å². The van der Waals surface area contributed by atoms with E-state index in [4.69, 9.17) is 5.73 Å². The van der Waals surface area contributed by atoms with Gasteiger partial charge in [0.25, 0.3) is 0 Å². The largest absolute Gasteiger partial charge is 0.397 e. The van der Waals surface area contributed by atoms with Crippen LogP contribution in [0.1, 0.15) is 5.56 Å². The number of nitrogens with two attached hydrogens (primary N) is 1. The van der Waals surface area contributed by atoms with Crippen LogP contribution in [0.5, 0.6) is 0 Å². The van der Waals surface area contributed by atoms with Gasteiger partial charge < -0.3 is 11.1 Å². The molecule has 0 saturated heterocycles. The van der Waals surface area contributed by atoms with Crippen LogP contribution in [0.4, 0.5) is 11.4 Å². The van der Waals surface area contributed by atoms with Crippen molar-refractivity contribution in [1.82, 2.24) is 4.98 Å². The number of pyridine rings is 1. The minimum Gasteiger partial charge on any atom is -0.397 e. The Labute approximate surface area is 95.3 Å². The van der Waals surface area contributed by atoms with E-state index < -0.39 is 0 Å². The first-order valence-electron chi connectivity index (χ1n) is 5.33. The predicted octanol–water partition coefficient (Wildman–Crippen LogP) is 2.32. The molecule has 0 fully saturated rings. The van der Waals surface area contributed by atoms with Crippen molar-refractivity contribution in [2.75, 3.05) is 17.6 Å². The summed E-state index contributed by atoms with van der Waals surface area (Å²) in [5.74, 6) is 0. The molecule has 0 aliphatic heterocycles. The molecule has 3 nitrogen and oxygen atoms in total. The van der Waals surface area contributed by atoms with Crippen molar-refractivity contribution in [3.63, 3.8) is 0 Å². The molecule has 0 atom stereocenters. The van der Waals surface area contributed by atoms with Gasteiger partial charge >= 0.3 is 0 Å². The standard InChI is InChI=1S/C13H15N3/c14-12-8-13(10-15-9-12)16-7-6-11-4-2-1-3-5-11/h1-5,8-10,16H,6-7,14H2. The minimum absolute atomic E-state index is 0.685. The van der Waals surface area contributed by atoms with Crippen LogP contribution in [0.25, 0.3) is 0 Å². The van der Waals surface area contributed by atoms with Crippen LogP contribution < -0.4 is 11.1 Å². The molecule has 0 saturated carbocycles. The summed E-state index contributed by atoms with van der Waals surface area (Å²) >= 11 is 0. The molecule has 2 aromatic rings. The summed E-state index contributed by atoms with van der Waals surface area (Å²) in [4.78, 5) is 4.02. The highest BCUT2D eigenvalue weighted by Gasteiger charge is 1.94. The second-order valence-corrected chi connectivity index (χ2v) is 3.67. The average molecular weight is 213 g/mol. The van der Waals surface area contributed by atoms with Gasteiger partial charge in [0, 0.05) is 12.7 Å². The van der Waals surface area contributed by atoms with Crippen LogP contribution in [0, 0.1) is 0 Å². The molecule has 82 valence electrons. The molecule has 1 aromatic carbocycles. The van der Waals surface area contributed by atoms with Crippen molar-refractivity contribution in [3.8, 4) is 0 Å². The first-order valence-corrected chi connectivity index (χ1v) is 5.33. The number of nitrogen functional groups attached to an aromatic ring is 1. The summed E-state index contributed by atoms with van der Waals surface area (Å²) in [6.07, 6.45) is 4.42. The van der Waals surface area contributed by atoms with Gasteiger partial charge in [-0.3, -0.25) is 4.98 Å². The minimum atomic E-state index is 0.685. The third-order valence-electron chi connectivity index (χ3n) is 2.35. The summed E-state index contributed by atoms with van der Waals surface area (Å²) in [5.41, 5.74) is 8.62. The zero-order chi connectivity index (χ0) is 11.2. The molecule has 0 unspecified atom stereocenters. The fraction of sp³-hybridized carbons (Fsp3) is 0.154. The molecule has 0 spiro atoms. The van der Waals surface area contributed by atoms with E-state index >= 15 is 0 Å². The van der Waals surface area contributed by atoms with Gasteiger partial charge in [0.1, 0.15) is 0 Å². The van der Waals surface area contributed by atoms with E-state index in [-0.39, 0.29) is 0 Å². The van der Waals surface area contributed by atoms with Crippen molar-refractivity contribution < 1.29 is 0 Å². The van der Waals surface area contributed by atoms with Gasteiger partial charge in [-0.2, -0.15) is 0 Å². The van der Waals surface area contributed by atoms with Crippen LogP contribution in [0.15, 0.2) is 48.8 Å². The Kier molecular flexibility index (Phi) is 3.38. The topological polar surface area (TPSA) is 50.9 Å². The Morgan fingerprint density at radius 1 is 1.12 bits per heavy atom. The molecule has 1 aromatic heterocycles. The summed E-state index contributed by atoms with van der Waals surface area (Å²) in [6, 6.07) is 12.3. The lowest BCUT2D eigenvalue weighted by Gasteiger charge is -2.06.